The minimum Gasteiger partial charge on any atom is -0.352 e. The predicted molar refractivity (Wildman–Crippen MR) is 101 cm³/mol. The number of fused-ring (bicyclic) bond motifs is 1. The smallest absolute Gasteiger partial charge is 0.253 e. The minimum absolute atomic E-state index is 0.174. The Kier molecular flexibility index (Phi) is 5.11. The zero-order valence-electron chi connectivity index (χ0n) is 13.6. The summed E-state index contributed by atoms with van der Waals surface area (Å²) in [5.74, 6) is -0.395. The highest BCUT2D eigenvalue weighted by atomic mass is 35.5. The fraction of sp³-hybridized carbons (Fsp3) is 0.158. The molecule has 0 atom stereocenters. The largest absolute Gasteiger partial charge is 0.352 e. The van der Waals surface area contributed by atoms with Crippen molar-refractivity contribution in [1.82, 2.24) is 9.88 Å². The molecule has 3 aromatic rings. The van der Waals surface area contributed by atoms with Gasteiger partial charge < -0.3 is 5.32 Å². The van der Waals surface area contributed by atoms with E-state index in [4.69, 9.17) is 23.2 Å². The van der Waals surface area contributed by atoms with Gasteiger partial charge in [0.15, 0.2) is 0 Å². The van der Waals surface area contributed by atoms with Gasteiger partial charge in [0.25, 0.3) is 5.91 Å². The number of rotatable bonds is 4. The maximum Gasteiger partial charge on any atom is 0.253 e. The summed E-state index contributed by atoms with van der Waals surface area (Å²) in [6, 6.07) is 12.6. The van der Waals surface area contributed by atoms with Crippen molar-refractivity contribution in [3.05, 3.63) is 69.8 Å². The molecule has 0 bridgehead atoms. The van der Waals surface area contributed by atoms with Crippen molar-refractivity contribution in [3.8, 4) is 0 Å². The van der Waals surface area contributed by atoms with Crippen molar-refractivity contribution in [2.45, 2.75) is 13.3 Å². The highest BCUT2D eigenvalue weighted by Gasteiger charge is 2.16. The minimum atomic E-state index is -0.221. The van der Waals surface area contributed by atoms with E-state index >= 15 is 0 Å². The summed E-state index contributed by atoms with van der Waals surface area (Å²) in [6.07, 6.45) is 2.25. The zero-order valence-corrected chi connectivity index (χ0v) is 15.1. The predicted octanol–water partition coefficient (Wildman–Crippen LogP) is 4.58. The van der Waals surface area contributed by atoms with Crippen molar-refractivity contribution in [1.29, 1.82) is 0 Å². The maximum absolute atomic E-state index is 12.5. The second kappa shape index (κ2) is 7.30. The Hall–Kier alpha value is -2.30. The first-order valence-corrected chi connectivity index (χ1v) is 8.55. The van der Waals surface area contributed by atoms with E-state index in [1.165, 1.54) is 11.5 Å². The molecule has 25 heavy (non-hydrogen) atoms. The van der Waals surface area contributed by atoms with Crippen LogP contribution in [0, 0.1) is 0 Å². The van der Waals surface area contributed by atoms with Gasteiger partial charge in [-0.2, -0.15) is 0 Å². The molecule has 1 N–H and O–H groups in total. The average molecular weight is 375 g/mol. The van der Waals surface area contributed by atoms with Gasteiger partial charge in [-0.3, -0.25) is 14.2 Å². The third-order valence-electron chi connectivity index (χ3n) is 3.96. The van der Waals surface area contributed by atoms with E-state index in [2.05, 4.69) is 5.32 Å². The fourth-order valence-corrected chi connectivity index (χ4v) is 3.00. The van der Waals surface area contributed by atoms with Gasteiger partial charge in [0.1, 0.15) is 0 Å². The van der Waals surface area contributed by atoms with Crippen LogP contribution in [0.2, 0.25) is 10.0 Å². The molecule has 1 amide bonds. The van der Waals surface area contributed by atoms with Crippen LogP contribution < -0.4 is 5.32 Å². The van der Waals surface area contributed by atoms with Gasteiger partial charge in [-0.1, -0.05) is 41.4 Å². The van der Waals surface area contributed by atoms with E-state index in [1.807, 2.05) is 24.3 Å². The molecule has 1 heterocycles. The number of hydrogen-bond acceptors (Lipinski definition) is 2. The van der Waals surface area contributed by atoms with Crippen LogP contribution in [0.5, 0.6) is 0 Å². The molecule has 0 saturated carbocycles. The van der Waals surface area contributed by atoms with Crippen LogP contribution >= 0.6 is 23.2 Å². The Balaban J connectivity index is 1.77. The van der Waals surface area contributed by atoms with E-state index < -0.39 is 0 Å². The molecule has 0 aliphatic carbocycles. The van der Waals surface area contributed by atoms with Crippen LogP contribution in [0.3, 0.4) is 0 Å². The molecular formula is C19H16Cl2N2O2. The second-order valence-electron chi connectivity index (χ2n) is 5.73. The number of nitrogens with one attached hydrogen (secondary N) is 1. The Morgan fingerprint density at radius 2 is 1.72 bits per heavy atom. The van der Waals surface area contributed by atoms with E-state index in [1.54, 1.807) is 24.4 Å². The molecular weight excluding hydrogens is 359 g/mol. The van der Waals surface area contributed by atoms with Crippen molar-refractivity contribution >= 4 is 45.9 Å². The molecule has 3 rings (SSSR count). The van der Waals surface area contributed by atoms with Gasteiger partial charge in [0, 0.05) is 35.1 Å². The Labute approximate surface area is 155 Å². The number of aromatic nitrogens is 1. The summed E-state index contributed by atoms with van der Waals surface area (Å²) in [7, 11) is 0. The number of nitrogens with zero attached hydrogens (tertiary/aromatic N) is 1. The topological polar surface area (TPSA) is 51.1 Å². The standard InChI is InChI=1S/C19H16Cl2N2O2/c1-12(24)23-11-17(16-7-6-15(21)10-18(16)23)19(25)22-9-8-13-2-4-14(20)5-3-13/h2-7,10-11H,8-9H2,1H3,(H,22,25). The van der Waals surface area contributed by atoms with E-state index in [-0.39, 0.29) is 11.8 Å². The number of benzene rings is 2. The highest BCUT2D eigenvalue weighted by Crippen LogP contribution is 2.25. The summed E-state index contributed by atoms with van der Waals surface area (Å²) < 4.78 is 1.44. The molecule has 4 nitrogen and oxygen atoms in total. The van der Waals surface area contributed by atoms with E-state index in [0.29, 0.717) is 39.5 Å². The second-order valence-corrected chi connectivity index (χ2v) is 6.60. The molecule has 0 aliphatic heterocycles. The molecule has 6 heteroatoms. The lowest BCUT2D eigenvalue weighted by atomic mass is 10.1. The normalized spacial score (nSPS) is 10.8. The third kappa shape index (κ3) is 3.86. The van der Waals surface area contributed by atoms with Crippen molar-refractivity contribution in [2.24, 2.45) is 0 Å². The SMILES string of the molecule is CC(=O)n1cc(C(=O)NCCc2ccc(Cl)cc2)c2ccc(Cl)cc21. The number of carbonyl (C=O) groups is 2. The molecule has 1 aromatic heterocycles. The first-order chi connectivity index (χ1) is 12.0. The lowest BCUT2D eigenvalue weighted by Gasteiger charge is -2.05. The van der Waals surface area contributed by atoms with Gasteiger partial charge in [-0.15, -0.1) is 0 Å². The summed E-state index contributed by atoms with van der Waals surface area (Å²) in [5, 5.41) is 4.79. The molecule has 2 aromatic carbocycles. The number of hydrogen-bond donors (Lipinski definition) is 1. The molecule has 0 radical (unpaired) electrons. The molecule has 0 fully saturated rings. The lowest BCUT2D eigenvalue weighted by molar-refractivity contribution is 0.0941. The number of carbonyl (C=O) groups excluding carboxylic acids is 2. The van der Waals surface area contributed by atoms with E-state index in [9.17, 15) is 9.59 Å². The summed E-state index contributed by atoms with van der Waals surface area (Å²) in [4.78, 5) is 24.3. The fourth-order valence-electron chi connectivity index (χ4n) is 2.71. The maximum atomic E-state index is 12.5. The highest BCUT2D eigenvalue weighted by molar-refractivity contribution is 6.31. The zero-order chi connectivity index (χ0) is 18.0. The lowest BCUT2D eigenvalue weighted by Crippen LogP contribution is -2.25. The van der Waals surface area contributed by atoms with Crippen LogP contribution in [-0.4, -0.2) is 22.9 Å². The molecule has 0 spiro atoms. The van der Waals surface area contributed by atoms with Gasteiger partial charge >= 0.3 is 0 Å². The Morgan fingerprint density at radius 1 is 1.04 bits per heavy atom. The van der Waals surface area contributed by atoms with Crippen molar-refractivity contribution in [3.63, 3.8) is 0 Å². The number of halogens is 2. The van der Waals surface area contributed by atoms with E-state index in [0.717, 1.165) is 5.56 Å². The van der Waals surface area contributed by atoms with Gasteiger partial charge in [0.05, 0.1) is 11.1 Å². The van der Waals surface area contributed by atoms with Crippen LogP contribution in [-0.2, 0) is 6.42 Å². The van der Waals surface area contributed by atoms with Crippen LogP contribution in [0.4, 0.5) is 0 Å². The quantitative estimate of drug-likeness (QED) is 0.726. The first kappa shape index (κ1) is 17.5. The summed E-state index contributed by atoms with van der Waals surface area (Å²) in [6.45, 7) is 1.93. The Morgan fingerprint density at radius 3 is 2.40 bits per heavy atom. The van der Waals surface area contributed by atoms with Crippen LogP contribution in [0.15, 0.2) is 48.7 Å². The molecule has 0 aliphatic rings. The first-order valence-electron chi connectivity index (χ1n) is 7.80. The van der Waals surface area contributed by atoms with Crippen LogP contribution in [0.25, 0.3) is 10.9 Å². The van der Waals surface area contributed by atoms with Crippen LogP contribution in [0.1, 0.15) is 27.6 Å². The average Bonchev–Trinajstić information content (AvgIpc) is 2.95. The van der Waals surface area contributed by atoms with Gasteiger partial charge in [-0.25, -0.2) is 0 Å². The van der Waals surface area contributed by atoms with Crippen molar-refractivity contribution < 1.29 is 9.59 Å². The number of amides is 1. The summed E-state index contributed by atoms with van der Waals surface area (Å²) in [5.41, 5.74) is 2.17. The summed E-state index contributed by atoms with van der Waals surface area (Å²) >= 11 is 11.9. The van der Waals surface area contributed by atoms with Gasteiger partial charge in [-0.05, 0) is 36.2 Å². The molecule has 0 unspecified atom stereocenters. The van der Waals surface area contributed by atoms with Crippen molar-refractivity contribution in [2.75, 3.05) is 6.54 Å². The molecule has 128 valence electrons. The monoisotopic (exact) mass is 374 g/mol. The Bertz CT molecular complexity index is 946. The molecule has 0 saturated heterocycles. The van der Waals surface area contributed by atoms with Gasteiger partial charge in [0.2, 0.25) is 5.91 Å². The third-order valence-corrected chi connectivity index (χ3v) is 4.45.